The number of rotatable bonds is 12. The summed E-state index contributed by atoms with van der Waals surface area (Å²) in [7, 11) is 0. The summed E-state index contributed by atoms with van der Waals surface area (Å²) in [6.07, 6.45) is 4.89. The van der Waals surface area contributed by atoms with Crippen LogP contribution in [0.15, 0.2) is 48.5 Å². The number of hydrogen-bond donors (Lipinski definition) is 4. The molecule has 1 aliphatic carbocycles. The quantitative estimate of drug-likeness (QED) is 0.287. The van der Waals surface area contributed by atoms with E-state index in [0.29, 0.717) is 51.7 Å². The van der Waals surface area contributed by atoms with Crippen molar-refractivity contribution in [2.45, 2.75) is 75.4 Å². The van der Waals surface area contributed by atoms with Crippen LogP contribution in [0, 0.1) is 0 Å². The van der Waals surface area contributed by atoms with E-state index in [1.54, 1.807) is 0 Å². The average molecular weight is 576 g/mol. The van der Waals surface area contributed by atoms with Crippen LogP contribution in [0.3, 0.4) is 0 Å². The smallest absolute Gasteiger partial charge is 0.410 e. The van der Waals surface area contributed by atoms with E-state index >= 15 is 0 Å². The minimum absolute atomic E-state index is 0.0331. The highest BCUT2D eigenvalue weighted by atomic mass is 16.6. The van der Waals surface area contributed by atoms with E-state index in [4.69, 9.17) is 10.5 Å². The number of unbranched alkanes of at least 4 members (excludes halogenated alkanes) is 2. The molecule has 0 saturated carbocycles. The molecule has 2 saturated heterocycles. The van der Waals surface area contributed by atoms with E-state index in [1.807, 2.05) is 24.3 Å². The predicted molar refractivity (Wildman–Crippen MR) is 158 cm³/mol. The number of piperazine rings is 1. The van der Waals surface area contributed by atoms with Crippen molar-refractivity contribution in [2.24, 2.45) is 5.73 Å². The van der Waals surface area contributed by atoms with Crippen molar-refractivity contribution >= 4 is 23.8 Å². The number of nitrogens with zero attached hydrogens (tertiary/aromatic N) is 1. The lowest BCUT2D eigenvalue weighted by atomic mass is 9.98. The van der Waals surface area contributed by atoms with Crippen molar-refractivity contribution in [3.05, 3.63) is 59.7 Å². The van der Waals surface area contributed by atoms with Crippen LogP contribution < -0.4 is 21.7 Å². The van der Waals surface area contributed by atoms with Crippen molar-refractivity contribution in [3.63, 3.8) is 0 Å². The zero-order valence-electron chi connectivity index (χ0n) is 24.0. The zero-order valence-corrected chi connectivity index (χ0v) is 24.0. The van der Waals surface area contributed by atoms with Crippen molar-refractivity contribution in [1.82, 2.24) is 20.9 Å². The molecule has 3 aliphatic rings. The second-order valence-corrected chi connectivity index (χ2v) is 11.3. The molecule has 2 aromatic carbocycles. The Balaban J connectivity index is 1.04. The van der Waals surface area contributed by atoms with Crippen LogP contribution in [-0.2, 0) is 19.1 Å². The third kappa shape index (κ3) is 6.59. The van der Waals surface area contributed by atoms with Gasteiger partial charge in [-0.15, -0.1) is 0 Å². The Morgan fingerprint density at radius 2 is 1.48 bits per heavy atom. The van der Waals surface area contributed by atoms with E-state index in [0.717, 1.165) is 30.4 Å². The molecule has 10 nitrogen and oxygen atoms in total. The highest BCUT2D eigenvalue weighted by Crippen LogP contribution is 2.44. The van der Waals surface area contributed by atoms with Crippen LogP contribution in [0.25, 0.3) is 11.1 Å². The molecule has 2 aliphatic heterocycles. The number of amides is 4. The minimum atomic E-state index is -0.558. The van der Waals surface area contributed by atoms with Crippen LogP contribution in [0.2, 0.25) is 0 Å². The number of ether oxygens (including phenoxy) is 1. The van der Waals surface area contributed by atoms with Gasteiger partial charge in [0, 0.05) is 19.0 Å². The van der Waals surface area contributed by atoms with Gasteiger partial charge < -0.3 is 26.4 Å². The van der Waals surface area contributed by atoms with Gasteiger partial charge in [0.2, 0.25) is 17.7 Å². The van der Waals surface area contributed by atoms with Crippen LogP contribution in [0.5, 0.6) is 0 Å². The highest BCUT2D eigenvalue weighted by molar-refractivity contribution is 5.96. The third-order valence-electron chi connectivity index (χ3n) is 8.56. The normalized spacial score (nSPS) is 21.4. The molecule has 2 aromatic rings. The highest BCUT2D eigenvalue weighted by Gasteiger charge is 2.37. The lowest BCUT2D eigenvalue weighted by Gasteiger charge is -2.29. The van der Waals surface area contributed by atoms with Crippen LogP contribution in [-0.4, -0.2) is 73.1 Å². The largest absolute Gasteiger partial charge is 0.448 e. The SMILES string of the molecule is NCCCCC1NC(=O)C(CCCCNC(=O)[C@H]2CCCN2C(=O)OCC2c3ccccc3-c3ccccc32)NC1=O. The van der Waals surface area contributed by atoms with Gasteiger partial charge in [0.25, 0.3) is 0 Å². The van der Waals surface area contributed by atoms with E-state index in [-0.39, 0.29) is 30.2 Å². The fourth-order valence-electron chi connectivity index (χ4n) is 6.31. The molecule has 2 fully saturated rings. The minimum Gasteiger partial charge on any atom is -0.448 e. The van der Waals surface area contributed by atoms with Gasteiger partial charge in [-0.1, -0.05) is 48.5 Å². The Kier molecular flexibility index (Phi) is 9.74. The summed E-state index contributed by atoms with van der Waals surface area (Å²) in [6.45, 7) is 1.70. The molecule has 10 heteroatoms. The maximum Gasteiger partial charge on any atom is 0.410 e. The Morgan fingerprint density at radius 3 is 2.10 bits per heavy atom. The standard InChI is InChI=1S/C32H41N5O5/c33-17-7-5-14-26-29(38)36-27(30(39)35-26)15-6-8-18-34-31(40)28-16-9-19-37(28)32(41)42-20-25-23-12-3-1-10-21(23)22-11-2-4-13-24(22)25/h1-4,10-13,25-28H,5-9,14-20,33H2,(H,34,40)(H,35,39)(H,36,38)/t26?,27?,28-/m1/s1. The molecular formula is C32H41N5O5. The van der Waals surface area contributed by atoms with Gasteiger partial charge >= 0.3 is 6.09 Å². The summed E-state index contributed by atoms with van der Waals surface area (Å²) in [5, 5.41) is 8.57. The lowest BCUT2D eigenvalue weighted by molar-refractivity contribution is -0.137. The number of hydrogen-bond acceptors (Lipinski definition) is 6. The van der Waals surface area contributed by atoms with Crippen LogP contribution in [0.1, 0.15) is 68.4 Å². The molecule has 2 unspecified atom stereocenters. The lowest BCUT2D eigenvalue weighted by Crippen LogP contribution is -2.61. The van der Waals surface area contributed by atoms with Gasteiger partial charge in [-0.25, -0.2) is 4.79 Å². The summed E-state index contributed by atoms with van der Waals surface area (Å²) >= 11 is 0. The molecule has 224 valence electrons. The molecule has 5 rings (SSSR count). The first-order valence-electron chi connectivity index (χ1n) is 15.2. The second-order valence-electron chi connectivity index (χ2n) is 11.3. The van der Waals surface area contributed by atoms with E-state index in [2.05, 4.69) is 40.2 Å². The molecule has 4 amide bonds. The number of nitrogens with one attached hydrogen (secondary N) is 3. The number of nitrogens with two attached hydrogens (primary N) is 1. The van der Waals surface area contributed by atoms with Gasteiger partial charge in [-0.05, 0) is 80.2 Å². The molecule has 2 heterocycles. The number of carbonyl (C=O) groups is 4. The average Bonchev–Trinajstić information content (AvgIpc) is 3.62. The number of likely N-dealkylation sites (tertiary alicyclic amines) is 1. The first-order chi connectivity index (χ1) is 20.5. The van der Waals surface area contributed by atoms with Gasteiger partial charge in [0.15, 0.2) is 0 Å². The Morgan fingerprint density at radius 1 is 0.881 bits per heavy atom. The summed E-state index contributed by atoms with van der Waals surface area (Å²) in [6, 6.07) is 14.8. The summed E-state index contributed by atoms with van der Waals surface area (Å²) < 4.78 is 5.80. The van der Waals surface area contributed by atoms with Crippen molar-refractivity contribution in [3.8, 4) is 11.1 Å². The molecule has 0 radical (unpaired) electrons. The molecule has 3 atom stereocenters. The topological polar surface area (TPSA) is 143 Å². The Bertz CT molecular complexity index is 1250. The van der Waals surface area contributed by atoms with E-state index in [1.165, 1.54) is 16.0 Å². The maximum atomic E-state index is 13.1. The molecular weight excluding hydrogens is 534 g/mol. The summed E-state index contributed by atoms with van der Waals surface area (Å²) in [5.74, 6) is -0.542. The first-order valence-corrected chi connectivity index (χ1v) is 15.2. The number of fused-ring (bicyclic) bond motifs is 3. The second kappa shape index (κ2) is 13.8. The van der Waals surface area contributed by atoms with Gasteiger partial charge in [-0.2, -0.15) is 0 Å². The first kappa shape index (κ1) is 29.6. The zero-order chi connectivity index (χ0) is 29.5. The Labute approximate surface area is 246 Å². The number of benzene rings is 2. The molecule has 0 spiro atoms. The van der Waals surface area contributed by atoms with Crippen molar-refractivity contribution in [2.75, 3.05) is 26.2 Å². The van der Waals surface area contributed by atoms with E-state index < -0.39 is 24.2 Å². The van der Waals surface area contributed by atoms with Crippen LogP contribution >= 0.6 is 0 Å². The molecule has 42 heavy (non-hydrogen) atoms. The van der Waals surface area contributed by atoms with Crippen molar-refractivity contribution < 1.29 is 23.9 Å². The van der Waals surface area contributed by atoms with Crippen LogP contribution in [0.4, 0.5) is 4.79 Å². The number of carbonyl (C=O) groups excluding carboxylic acids is 4. The Hall–Kier alpha value is -3.92. The fourth-order valence-corrected chi connectivity index (χ4v) is 6.31. The summed E-state index contributed by atoms with van der Waals surface area (Å²) in [5.41, 5.74) is 10.1. The third-order valence-corrected chi connectivity index (χ3v) is 8.56. The summed E-state index contributed by atoms with van der Waals surface area (Å²) in [4.78, 5) is 52.3. The predicted octanol–water partition coefficient (Wildman–Crippen LogP) is 2.80. The molecule has 0 aromatic heterocycles. The fraction of sp³-hybridized carbons (Fsp3) is 0.500. The molecule has 5 N–H and O–H groups in total. The molecule has 0 bridgehead atoms. The van der Waals surface area contributed by atoms with Crippen molar-refractivity contribution in [1.29, 1.82) is 0 Å². The van der Waals surface area contributed by atoms with Gasteiger partial charge in [-0.3, -0.25) is 19.3 Å². The van der Waals surface area contributed by atoms with Gasteiger partial charge in [0.05, 0.1) is 0 Å². The monoisotopic (exact) mass is 575 g/mol. The van der Waals surface area contributed by atoms with E-state index in [9.17, 15) is 19.2 Å². The maximum absolute atomic E-state index is 13.1. The van der Waals surface area contributed by atoms with Gasteiger partial charge in [0.1, 0.15) is 24.7 Å².